The molecule has 1 aromatic heterocycles. The number of carbonyl (C=O) groups is 3. The molecule has 1 saturated carbocycles. The van der Waals surface area contributed by atoms with Gasteiger partial charge in [0.25, 0.3) is 17.4 Å². The van der Waals surface area contributed by atoms with Crippen molar-refractivity contribution in [3.8, 4) is 5.75 Å². The van der Waals surface area contributed by atoms with Gasteiger partial charge >= 0.3 is 5.97 Å². The molecule has 1 aromatic rings. The van der Waals surface area contributed by atoms with E-state index >= 15 is 0 Å². The van der Waals surface area contributed by atoms with E-state index in [1.165, 1.54) is 17.1 Å². The zero-order valence-corrected chi connectivity index (χ0v) is 19.8. The Morgan fingerprint density at radius 3 is 2.74 bits per heavy atom. The minimum absolute atomic E-state index is 0.0387. The van der Waals surface area contributed by atoms with Gasteiger partial charge in [-0.15, -0.1) is 0 Å². The van der Waals surface area contributed by atoms with Gasteiger partial charge in [0.15, 0.2) is 5.75 Å². The fourth-order valence-corrected chi connectivity index (χ4v) is 5.55. The quantitative estimate of drug-likeness (QED) is 0.510. The number of carboxylic acid groups (broad SMARTS) is 1. The maximum Gasteiger partial charge on any atom is 0.310 e. The number of nitrogens with zero attached hydrogens (tertiary/aromatic N) is 2. The van der Waals surface area contributed by atoms with Crippen LogP contribution in [0.25, 0.3) is 0 Å². The minimum atomic E-state index is -1.48. The van der Waals surface area contributed by atoms with E-state index in [1.54, 1.807) is 6.92 Å². The lowest BCUT2D eigenvalue weighted by atomic mass is 9.93. The van der Waals surface area contributed by atoms with Crippen molar-refractivity contribution < 1.29 is 29.0 Å². The molecule has 35 heavy (non-hydrogen) atoms. The highest BCUT2D eigenvalue weighted by Gasteiger charge is 2.56. The Labute approximate surface area is 205 Å². The molecule has 186 valence electrons. The number of rotatable bonds is 6. The number of fused-ring (bicyclic) bond motifs is 4. The first-order valence-electron chi connectivity index (χ1n) is 11.3. The first-order chi connectivity index (χ1) is 16.5. The molecule has 11 heteroatoms. The number of pyridine rings is 1. The van der Waals surface area contributed by atoms with Crippen LogP contribution < -0.4 is 10.9 Å². The summed E-state index contributed by atoms with van der Waals surface area (Å²) in [6.07, 6.45) is 4.14. The molecule has 0 bridgehead atoms. The maximum atomic E-state index is 13.9. The Hall–Kier alpha value is -3.40. The molecule has 0 aromatic carbocycles. The molecule has 9 nitrogen and oxygen atoms in total. The van der Waals surface area contributed by atoms with E-state index < -0.39 is 46.5 Å². The molecule has 2 unspecified atom stereocenters. The largest absolute Gasteiger partial charge is 0.502 e. The summed E-state index contributed by atoms with van der Waals surface area (Å²) >= 11 is 5.94. The number of amides is 2. The Bertz CT molecular complexity index is 1280. The molecular formula is C24H25ClFN3O6. The van der Waals surface area contributed by atoms with E-state index in [9.17, 15) is 33.8 Å². The van der Waals surface area contributed by atoms with Crippen LogP contribution in [0.1, 0.15) is 59.0 Å². The molecule has 1 fully saturated rings. The van der Waals surface area contributed by atoms with Gasteiger partial charge in [-0.25, -0.2) is 4.39 Å². The van der Waals surface area contributed by atoms with Crippen LogP contribution in [0, 0.1) is 5.92 Å². The molecule has 2 amide bonds. The molecule has 3 aliphatic rings. The molecule has 0 radical (unpaired) electrons. The molecule has 2 aliphatic heterocycles. The van der Waals surface area contributed by atoms with E-state index in [-0.39, 0.29) is 54.2 Å². The Balaban J connectivity index is 1.72. The van der Waals surface area contributed by atoms with Crippen molar-refractivity contribution in [2.24, 2.45) is 5.92 Å². The average molecular weight is 506 g/mol. The zero-order chi connectivity index (χ0) is 25.7. The number of aromatic hydroxyl groups is 1. The van der Waals surface area contributed by atoms with Crippen LogP contribution in [0.2, 0.25) is 0 Å². The van der Waals surface area contributed by atoms with Crippen LogP contribution in [0.3, 0.4) is 0 Å². The van der Waals surface area contributed by atoms with Gasteiger partial charge in [-0.05, 0) is 49.8 Å². The summed E-state index contributed by atoms with van der Waals surface area (Å²) in [6.45, 7) is 5.66. The van der Waals surface area contributed by atoms with Crippen molar-refractivity contribution in [3.63, 3.8) is 0 Å². The Morgan fingerprint density at radius 2 is 2.09 bits per heavy atom. The maximum absolute atomic E-state index is 13.9. The van der Waals surface area contributed by atoms with Crippen LogP contribution in [-0.4, -0.2) is 50.6 Å². The van der Waals surface area contributed by atoms with Crippen LogP contribution >= 0.6 is 11.6 Å². The predicted molar refractivity (Wildman–Crippen MR) is 125 cm³/mol. The Morgan fingerprint density at radius 1 is 1.37 bits per heavy atom. The second-order valence-electron chi connectivity index (χ2n) is 8.94. The monoisotopic (exact) mass is 505 g/mol. The number of carbonyl (C=O) groups excluding carboxylic acids is 2. The number of halogens is 2. The summed E-state index contributed by atoms with van der Waals surface area (Å²) in [6, 6.07) is 0. The number of aromatic nitrogens is 1. The first-order valence-corrected chi connectivity index (χ1v) is 11.7. The van der Waals surface area contributed by atoms with Crippen molar-refractivity contribution in [1.29, 1.82) is 0 Å². The van der Waals surface area contributed by atoms with Gasteiger partial charge < -0.3 is 20.4 Å². The molecule has 1 aliphatic carbocycles. The summed E-state index contributed by atoms with van der Waals surface area (Å²) in [5.74, 6) is -4.97. The van der Waals surface area contributed by atoms with Gasteiger partial charge in [0, 0.05) is 18.7 Å². The summed E-state index contributed by atoms with van der Waals surface area (Å²) in [5, 5.41) is 23.0. The van der Waals surface area contributed by atoms with E-state index in [0.717, 1.165) is 4.57 Å². The third-order valence-corrected chi connectivity index (χ3v) is 7.08. The number of nitrogens with one attached hydrogen (secondary N) is 1. The van der Waals surface area contributed by atoms with Crippen LogP contribution in [0.4, 0.5) is 4.39 Å². The topological polar surface area (TPSA) is 129 Å². The number of aliphatic carboxylic acids is 1. The van der Waals surface area contributed by atoms with Crippen LogP contribution in [0.15, 0.2) is 40.0 Å². The standard InChI is InChI=1S/C24H25ClFN3O6/c1-3-5-16(26)15(25)10-12(2)11-28-9-7-13-17(21(28)32)19(30)22(33)29-18(13)20(31)27-24(29)8-4-6-14(24)23(34)35/h5,10,14,30H,2-4,6-9,11H2,1H3,(H,27,31)(H,34,35). The highest BCUT2D eigenvalue weighted by Crippen LogP contribution is 2.45. The first kappa shape index (κ1) is 24.7. The number of allylic oxidation sites excluding steroid dienone is 3. The minimum Gasteiger partial charge on any atom is -0.502 e. The van der Waals surface area contributed by atoms with Crippen LogP contribution in [-0.2, 0) is 16.9 Å². The molecule has 3 N–H and O–H groups in total. The van der Waals surface area contributed by atoms with Crippen molar-refractivity contribution in [2.45, 2.75) is 44.7 Å². The van der Waals surface area contributed by atoms with Crippen molar-refractivity contribution in [1.82, 2.24) is 14.8 Å². The lowest BCUT2D eigenvalue weighted by Gasteiger charge is -2.33. The van der Waals surface area contributed by atoms with E-state index in [2.05, 4.69) is 11.9 Å². The van der Waals surface area contributed by atoms with E-state index in [4.69, 9.17) is 11.6 Å². The molecule has 2 atom stereocenters. The van der Waals surface area contributed by atoms with Gasteiger partial charge in [-0.2, -0.15) is 0 Å². The third-order valence-electron chi connectivity index (χ3n) is 6.79. The fourth-order valence-electron chi connectivity index (χ4n) is 5.32. The molecule has 0 saturated heterocycles. The highest BCUT2D eigenvalue weighted by molar-refractivity contribution is 6.31. The summed E-state index contributed by atoms with van der Waals surface area (Å²) in [4.78, 5) is 52.7. The van der Waals surface area contributed by atoms with E-state index in [0.29, 0.717) is 18.4 Å². The van der Waals surface area contributed by atoms with Crippen LogP contribution in [0.5, 0.6) is 5.75 Å². The number of hydrogen-bond donors (Lipinski definition) is 3. The van der Waals surface area contributed by atoms with Crippen molar-refractivity contribution in [2.75, 3.05) is 13.1 Å². The van der Waals surface area contributed by atoms with Gasteiger partial charge in [-0.3, -0.25) is 23.7 Å². The van der Waals surface area contributed by atoms with Gasteiger partial charge in [0.05, 0.1) is 16.5 Å². The summed E-state index contributed by atoms with van der Waals surface area (Å²) < 4.78 is 14.9. The van der Waals surface area contributed by atoms with E-state index in [1.807, 2.05) is 0 Å². The highest BCUT2D eigenvalue weighted by atomic mass is 35.5. The van der Waals surface area contributed by atoms with Gasteiger partial charge in [0.1, 0.15) is 17.2 Å². The molecule has 1 spiro atoms. The average Bonchev–Trinajstić information content (AvgIpc) is 3.34. The molecule has 3 heterocycles. The SMILES string of the molecule is C=C(C=C(Cl)C(F)=CCC)CN1CCc2c(c(O)c(=O)n3c2C(=O)NC32CCCC2C(=O)O)C1=O. The normalized spacial score (nSPS) is 24.0. The smallest absolute Gasteiger partial charge is 0.310 e. The zero-order valence-electron chi connectivity index (χ0n) is 19.1. The lowest BCUT2D eigenvalue weighted by molar-refractivity contribution is -0.145. The second kappa shape index (κ2) is 8.99. The van der Waals surface area contributed by atoms with Gasteiger partial charge in [-0.1, -0.05) is 25.1 Å². The fraction of sp³-hybridized carbons (Fsp3) is 0.417. The van der Waals surface area contributed by atoms with Crippen molar-refractivity contribution in [3.05, 3.63) is 62.3 Å². The second-order valence-corrected chi connectivity index (χ2v) is 9.35. The number of hydrogen-bond acceptors (Lipinski definition) is 5. The number of carboxylic acids is 1. The Kier molecular flexibility index (Phi) is 6.35. The summed E-state index contributed by atoms with van der Waals surface area (Å²) in [7, 11) is 0. The predicted octanol–water partition coefficient (Wildman–Crippen LogP) is 2.78. The molecule has 4 rings (SSSR count). The molecular weight excluding hydrogens is 481 g/mol. The summed E-state index contributed by atoms with van der Waals surface area (Å²) in [5.41, 5.74) is -2.31. The lowest BCUT2D eigenvalue weighted by Crippen LogP contribution is -2.52. The van der Waals surface area contributed by atoms with Crippen molar-refractivity contribution >= 4 is 29.4 Å². The third kappa shape index (κ3) is 3.85. The van der Waals surface area contributed by atoms with Gasteiger partial charge in [0.2, 0.25) is 0 Å².